The first kappa shape index (κ1) is 21.4. The number of nitrogens with two attached hydrogens (primary N) is 1. The molecule has 0 saturated heterocycles. The second-order valence-electron chi connectivity index (χ2n) is 5.89. The first-order chi connectivity index (χ1) is 11.5. The van der Waals surface area contributed by atoms with Crippen molar-refractivity contribution in [1.82, 2.24) is 5.32 Å². The molecule has 2 atom stereocenters. The Labute approximate surface area is 159 Å². The van der Waals surface area contributed by atoms with Gasteiger partial charge in [0.05, 0.1) is 0 Å². The van der Waals surface area contributed by atoms with Crippen LogP contribution in [0.5, 0.6) is 0 Å². The number of carbonyl (C=O) groups is 1. The van der Waals surface area contributed by atoms with Gasteiger partial charge in [0.25, 0.3) is 0 Å². The molecule has 4 N–H and O–H groups in total. The maximum Gasteiger partial charge on any atom is 0.319 e. The molecule has 0 heterocycles. The summed E-state index contributed by atoms with van der Waals surface area (Å²) >= 11 is 16.8. The van der Waals surface area contributed by atoms with Crippen LogP contribution in [0.1, 0.15) is 32.6 Å². The minimum absolute atomic E-state index is 0.233. The molecule has 2 amide bonds. The first-order valence-electron chi connectivity index (χ1n) is 8.25. The molecule has 1 aliphatic carbocycles. The number of rotatable bonds is 4. The minimum Gasteiger partial charge on any atom is -0.338 e. The minimum atomic E-state index is -0.233. The van der Waals surface area contributed by atoms with Crippen molar-refractivity contribution in [3.05, 3.63) is 28.2 Å². The lowest BCUT2D eigenvalue weighted by atomic mass is 9.81. The lowest BCUT2D eigenvalue weighted by molar-refractivity contribution is 0.239. The van der Waals surface area contributed by atoms with E-state index < -0.39 is 0 Å². The number of anilines is 1. The highest BCUT2D eigenvalue weighted by Gasteiger charge is 2.21. The van der Waals surface area contributed by atoms with Crippen LogP contribution in [0, 0.1) is 11.8 Å². The van der Waals surface area contributed by atoms with Gasteiger partial charge < -0.3 is 16.4 Å². The normalized spacial score (nSPS) is 19.9. The van der Waals surface area contributed by atoms with Gasteiger partial charge in [0.2, 0.25) is 0 Å². The maximum atomic E-state index is 11.9. The number of carbonyl (C=O) groups excluding carboxylic acids is 1. The molecule has 1 aromatic carbocycles. The van der Waals surface area contributed by atoms with Gasteiger partial charge in [0.15, 0.2) is 0 Å². The number of benzene rings is 1. The van der Waals surface area contributed by atoms with Crippen LogP contribution in [0.4, 0.5) is 10.5 Å². The largest absolute Gasteiger partial charge is 0.338 e. The number of hydrogen-bond donors (Lipinski definition) is 3. The molecule has 0 radical (unpaired) electrons. The average molecular weight is 395 g/mol. The van der Waals surface area contributed by atoms with Gasteiger partial charge in [0, 0.05) is 28.2 Å². The van der Waals surface area contributed by atoms with Crippen LogP contribution in [0.2, 0.25) is 10.0 Å². The molecule has 4 nitrogen and oxygen atoms in total. The van der Waals surface area contributed by atoms with Gasteiger partial charge in [-0.1, -0.05) is 36.5 Å². The van der Waals surface area contributed by atoms with Crippen LogP contribution in [-0.4, -0.2) is 25.0 Å². The van der Waals surface area contributed by atoms with E-state index >= 15 is 0 Å². The average Bonchev–Trinajstić information content (AvgIpc) is 2.53. The Morgan fingerprint density at radius 1 is 1.21 bits per heavy atom. The summed E-state index contributed by atoms with van der Waals surface area (Å²) in [6.07, 6.45) is 4.65. The molecule has 1 saturated carbocycles. The molecule has 136 valence electrons. The van der Waals surface area contributed by atoms with Crippen molar-refractivity contribution in [3.63, 3.8) is 0 Å². The molecule has 1 aliphatic rings. The fourth-order valence-electron chi connectivity index (χ4n) is 2.84. The Morgan fingerprint density at radius 2 is 1.79 bits per heavy atom. The molecule has 24 heavy (non-hydrogen) atoms. The van der Waals surface area contributed by atoms with E-state index in [1.54, 1.807) is 18.2 Å². The predicted octanol–water partition coefficient (Wildman–Crippen LogP) is 5.13. The molecule has 2 unspecified atom stereocenters. The van der Waals surface area contributed by atoms with Crippen molar-refractivity contribution in [2.45, 2.75) is 32.6 Å². The van der Waals surface area contributed by atoms with E-state index in [0.29, 0.717) is 34.1 Å². The molecule has 0 bridgehead atoms. The Kier molecular flexibility index (Phi) is 10.5. The van der Waals surface area contributed by atoms with Gasteiger partial charge >= 0.3 is 6.03 Å². The van der Waals surface area contributed by atoms with Crippen LogP contribution in [0.15, 0.2) is 18.2 Å². The smallest absolute Gasteiger partial charge is 0.319 e. The van der Waals surface area contributed by atoms with Crippen molar-refractivity contribution >= 4 is 46.5 Å². The highest BCUT2D eigenvalue weighted by molar-refractivity contribution is 6.35. The van der Waals surface area contributed by atoms with Gasteiger partial charge in [-0.15, -0.1) is 11.6 Å². The van der Waals surface area contributed by atoms with Gasteiger partial charge in [-0.05, 0) is 55.8 Å². The molecule has 0 aromatic heterocycles. The van der Waals surface area contributed by atoms with Gasteiger partial charge in [-0.2, -0.15) is 0 Å². The number of alkyl halides is 1. The number of urea groups is 1. The zero-order valence-corrected chi connectivity index (χ0v) is 16.2. The zero-order chi connectivity index (χ0) is 17.9. The molecular formula is C17H26Cl3N3O. The number of hydrogen-bond acceptors (Lipinski definition) is 2. The third-order valence-corrected chi connectivity index (χ3v) is 4.33. The summed E-state index contributed by atoms with van der Waals surface area (Å²) in [4.78, 5) is 11.9. The highest BCUT2D eigenvalue weighted by Crippen LogP contribution is 2.28. The highest BCUT2D eigenvalue weighted by atomic mass is 35.5. The van der Waals surface area contributed by atoms with Crippen LogP contribution in [0.25, 0.3) is 0 Å². The molecule has 2 rings (SSSR count). The van der Waals surface area contributed by atoms with Crippen molar-refractivity contribution in [2.24, 2.45) is 17.6 Å². The topological polar surface area (TPSA) is 67.1 Å². The summed E-state index contributed by atoms with van der Waals surface area (Å²) in [6, 6.07) is 4.72. The lowest BCUT2D eigenvalue weighted by Crippen LogP contribution is -2.35. The van der Waals surface area contributed by atoms with Crippen molar-refractivity contribution in [3.8, 4) is 0 Å². The standard InChI is InChI=1S/C15H21Cl2N3O.C2H5Cl/c16-12-5-13(17)7-14(6-12)20-15(21)19-9-11-3-1-2-10(4-11)8-18;1-2-3/h5-7,10-11H,1-4,8-9,18H2,(H2,19,20,21);2H2,1H3. The van der Waals surface area contributed by atoms with E-state index in [1.807, 2.05) is 6.92 Å². The van der Waals surface area contributed by atoms with Crippen LogP contribution >= 0.6 is 34.8 Å². The van der Waals surface area contributed by atoms with E-state index in [9.17, 15) is 4.79 Å². The van der Waals surface area contributed by atoms with Crippen molar-refractivity contribution in [1.29, 1.82) is 0 Å². The van der Waals surface area contributed by atoms with Gasteiger partial charge in [-0.25, -0.2) is 4.79 Å². The lowest BCUT2D eigenvalue weighted by Gasteiger charge is -2.28. The summed E-state index contributed by atoms with van der Waals surface area (Å²) in [5.74, 6) is 1.83. The summed E-state index contributed by atoms with van der Waals surface area (Å²) in [5.41, 5.74) is 6.32. The third-order valence-electron chi connectivity index (χ3n) is 3.90. The SMILES string of the molecule is CCCl.NCC1CCCC(CNC(=O)Nc2cc(Cl)cc(Cl)c2)C1. The molecule has 0 spiro atoms. The van der Waals surface area contributed by atoms with E-state index in [1.165, 1.54) is 12.8 Å². The van der Waals surface area contributed by atoms with Crippen LogP contribution < -0.4 is 16.4 Å². The Morgan fingerprint density at radius 3 is 2.38 bits per heavy atom. The van der Waals surface area contributed by atoms with E-state index in [4.69, 9.17) is 40.5 Å². The second kappa shape index (κ2) is 11.8. The van der Waals surface area contributed by atoms with Gasteiger partial charge in [-0.3, -0.25) is 0 Å². The monoisotopic (exact) mass is 393 g/mol. The quantitative estimate of drug-likeness (QED) is 0.620. The fraction of sp³-hybridized carbons (Fsp3) is 0.588. The predicted molar refractivity (Wildman–Crippen MR) is 104 cm³/mol. The summed E-state index contributed by atoms with van der Waals surface area (Å²) in [6.45, 7) is 3.31. The van der Waals surface area contributed by atoms with Crippen LogP contribution in [0.3, 0.4) is 0 Å². The summed E-state index contributed by atoms with van der Waals surface area (Å²) < 4.78 is 0. The number of nitrogens with one attached hydrogen (secondary N) is 2. The fourth-order valence-corrected chi connectivity index (χ4v) is 3.37. The van der Waals surface area contributed by atoms with Gasteiger partial charge in [0.1, 0.15) is 0 Å². The number of halogens is 3. The Hall–Kier alpha value is -0.680. The molecule has 0 aliphatic heterocycles. The zero-order valence-electron chi connectivity index (χ0n) is 14.0. The van der Waals surface area contributed by atoms with E-state index in [0.717, 1.165) is 25.3 Å². The Balaban J connectivity index is 0.000000891. The molecule has 7 heteroatoms. The van der Waals surface area contributed by atoms with Crippen molar-refractivity contribution < 1.29 is 4.79 Å². The molecule has 1 fully saturated rings. The molecule has 1 aromatic rings. The van der Waals surface area contributed by atoms with E-state index in [-0.39, 0.29) is 6.03 Å². The maximum absolute atomic E-state index is 11.9. The van der Waals surface area contributed by atoms with Crippen molar-refractivity contribution in [2.75, 3.05) is 24.3 Å². The summed E-state index contributed by atoms with van der Waals surface area (Å²) in [7, 11) is 0. The first-order valence-corrected chi connectivity index (χ1v) is 9.54. The molecular weight excluding hydrogens is 369 g/mol. The van der Waals surface area contributed by atoms with Crippen LogP contribution in [-0.2, 0) is 0 Å². The second-order valence-corrected chi connectivity index (χ2v) is 7.30. The number of amides is 2. The Bertz CT molecular complexity index is 494. The summed E-state index contributed by atoms with van der Waals surface area (Å²) in [5, 5.41) is 6.64. The van der Waals surface area contributed by atoms with E-state index in [2.05, 4.69) is 10.6 Å². The third kappa shape index (κ3) is 8.43.